The van der Waals surface area contributed by atoms with Gasteiger partial charge < -0.3 is 4.74 Å². The van der Waals surface area contributed by atoms with E-state index in [-0.39, 0.29) is 16.3 Å². The molecule has 0 aromatic carbocycles. The molecular weight excluding hydrogens is 398 g/mol. The average molecular weight is 410 g/mol. The molecule has 1 N–H and O–H groups in total. The molecule has 0 amide bonds. The lowest BCUT2D eigenvalue weighted by atomic mass is 10.3. The Morgan fingerprint density at radius 3 is 2.71 bits per heavy atom. The highest BCUT2D eigenvalue weighted by molar-refractivity contribution is 9.11. The third-order valence-electron chi connectivity index (χ3n) is 2.62. The van der Waals surface area contributed by atoms with Crippen LogP contribution in [0.5, 0.6) is 0 Å². The first kappa shape index (κ1) is 16.6. The molecule has 9 heteroatoms. The molecule has 0 saturated heterocycles. The molecule has 0 saturated carbocycles. The van der Waals surface area contributed by atoms with Crippen LogP contribution >= 0.6 is 38.6 Å². The number of methoxy groups -OCH3 is 1. The fourth-order valence-corrected chi connectivity index (χ4v) is 5.91. The van der Waals surface area contributed by atoms with Gasteiger partial charge in [0.15, 0.2) is 0 Å². The third kappa shape index (κ3) is 3.72. The molecule has 2 rings (SSSR count). The maximum Gasteiger partial charge on any atom is 0.349 e. The molecule has 0 aliphatic heterocycles. The minimum atomic E-state index is -3.77. The summed E-state index contributed by atoms with van der Waals surface area (Å²) in [5, 5.41) is 1.63. The van der Waals surface area contributed by atoms with Crippen LogP contribution in [0.1, 0.15) is 20.1 Å². The summed E-state index contributed by atoms with van der Waals surface area (Å²) in [7, 11) is -2.54. The van der Waals surface area contributed by atoms with E-state index in [1.165, 1.54) is 18.4 Å². The van der Waals surface area contributed by atoms with Gasteiger partial charge in [-0.2, -0.15) is 0 Å². The molecule has 0 aliphatic rings. The van der Waals surface area contributed by atoms with Gasteiger partial charge in [0.05, 0.1) is 10.9 Å². The predicted molar refractivity (Wildman–Crippen MR) is 86.4 cm³/mol. The minimum Gasteiger partial charge on any atom is -0.465 e. The molecule has 21 heavy (non-hydrogen) atoms. The molecule has 0 atom stereocenters. The minimum absolute atomic E-state index is 0.00466. The van der Waals surface area contributed by atoms with Crippen LogP contribution < -0.4 is 4.72 Å². The molecule has 0 aliphatic carbocycles. The fraction of sp³-hybridized carbons (Fsp3) is 0.250. The van der Waals surface area contributed by atoms with E-state index in [0.29, 0.717) is 5.56 Å². The van der Waals surface area contributed by atoms with Crippen molar-refractivity contribution in [1.82, 2.24) is 4.72 Å². The zero-order valence-corrected chi connectivity index (χ0v) is 15.2. The number of esters is 1. The largest absolute Gasteiger partial charge is 0.465 e. The van der Waals surface area contributed by atoms with Gasteiger partial charge in [0.25, 0.3) is 0 Å². The molecule has 0 spiro atoms. The Morgan fingerprint density at radius 1 is 1.43 bits per heavy atom. The monoisotopic (exact) mass is 409 g/mol. The second-order valence-electron chi connectivity index (χ2n) is 4.10. The molecule has 2 aromatic rings. The van der Waals surface area contributed by atoms with Gasteiger partial charge in [-0.3, -0.25) is 0 Å². The normalized spacial score (nSPS) is 11.6. The highest BCUT2D eigenvalue weighted by Crippen LogP contribution is 2.28. The van der Waals surface area contributed by atoms with E-state index in [9.17, 15) is 13.2 Å². The summed E-state index contributed by atoms with van der Waals surface area (Å²) in [6.45, 7) is 1.83. The fourth-order valence-electron chi connectivity index (χ4n) is 1.69. The number of thiophene rings is 2. The lowest BCUT2D eigenvalue weighted by Crippen LogP contribution is -2.24. The van der Waals surface area contributed by atoms with E-state index in [1.54, 1.807) is 12.3 Å². The van der Waals surface area contributed by atoms with Crippen LogP contribution in [-0.2, 0) is 21.3 Å². The van der Waals surface area contributed by atoms with Crippen LogP contribution in [0.25, 0.3) is 0 Å². The number of carbonyl (C=O) groups is 1. The number of sulfonamides is 1. The zero-order valence-electron chi connectivity index (χ0n) is 11.2. The first-order valence-electron chi connectivity index (χ1n) is 5.75. The van der Waals surface area contributed by atoms with Gasteiger partial charge >= 0.3 is 5.97 Å². The van der Waals surface area contributed by atoms with Crippen molar-refractivity contribution in [1.29, 1.82) is 0 Å². The number of hydrogen-bond acceptors (Lipinski definition) is 6. The van der Waals surface area contributed by atoms with Crippen LogP contribution in [0.15, 0.2) is 26.2 Å². The second-order valence-corrected chi connectivity index (χ2v) is 9.23. The van der Waals surface area contributed by atoms with Crippen molar-refractivity contribution in [2.24, 2.45) is 0 Å². The van der Waals surface area contributed by atoms with E-state index >= 15 is 0 Å². The first-order chi connectivity index (χ1) is 9.85. The number of hydrogen-bond donors (Lipinski definition) is 1. The maximum absolute atomic E-state index is 12.4. The number of carbonyl (C=O) groups excluding carboxylic acids is 1. The average Bonchev–Trinajstić information content (AvgIpc) is 3.02. The standard InChI is InChI=1S/C12H12BrNO4S3/c1-7-6-19-10(12(15)18-2)11(7)21(16,17)14-5-8-3-4-9(13)20-8/h3-4,6,14H,5H2,1-2H3. The zero-order chi connectivity index (χ0) is 15.6. The molecule has 114 valence electrons. The smallest absolute Gasteiger partial charge is 0.349 e. The molecule has 2 aromatic heterocycles. The molecule has 2 heterocycles. The Labute approximate surface area is 139 Å². The van der Waals surface area contributed by atoms with Crippen LogP contribution in [-0.4, -0.2) is 21.5 Å². The number of ether oxygens (including phenoxy) is 1. The van der Waals surface area contributed by atoms with Gasteiger partial charge in [-0.1, -0.05) is 0 Å². The Balaban J connectivity index is 2.27. The Morgan fingerprint density at radius 2 is 2.14 bits per heavy atom. The van der Waals surface area contributed by atoms with Crippen molar-refractivity contribution in [3.8, 4) is 0 Å². The summed E-state index contributed by atoms with van der Waals surface area (Å²) in [4.78, 5) is 12.6. The Hall–Kier alpha value is -0.740. The van der Waals surface area contributed by atoms with Crippen molar-refractivity contribution < 1.29 is 17.9 Å². The molecular formula is C12H12BrNO4S3. The predicted octanol–water partition coefficient (Wildman–Crippen LogP) is 3.15. The highest BCUT2D eigenvalue weighted by atomic mass is 79.9. The van der Waals surface area contributed by atoms with Gasteiger partial charge in [-0.05, 0) is 45.9 Å². The van der Waals surface area contributed by atoms with E-state index in [1.807, 2.05) is 12.1 Å². The van der Waals surface area contributed by atoms with Crippen LogP contribution in [0, 0.1) is 6.92 Å². The van der Waals surface area contributed by atoms with Gasteiger partial charge in [-0.25, -0.2) is 17.9 Å². The number of nitrogens with one attached hydrogen (secondary N) is 1. The second kappa shape index (κ2) is 6.57. The number of aryl methyl sites for hydroxylation is 1. The van der Waals surface area contributed by atoms with Crippen molar-refractivity contribution in [3.63, 3.8) is 0 Å². The highest BCUT2D eigenvalue weighted by Gasteiger charge is 2.27. The molecule has 0 unspecified atom stereocenters. The van der Waals surface area contributed by atoms with Gasteiger partial charge in [-0.15, -0.1) is 22.7 Å². The van der Waals surface area contributed by atoms with E-state index in [0.717, 1.165) is 20.0 Å². The topological polar surface area (TPSA) is 72.5 Å². The van der Waals surface area contributed by atoms with Gasteiger partial charge in [0.2, 0.25) is 10.0 Å². The van der Waals surface area contributed by atoms with Crippen LogP contribution in [0.4, 0.5) is 0 Å². The Bertz CT molecular complexity index is 763. The summed E-state index contributed by atoms with van der Waals surface area (Å²) in [5.74, 6) is -0.646. The third-order valence-corrected chi connectivity index (χ3v) is 7.04. The molecule has 0 bridgehead atoms. The van der Waals surface area contributed by atoms with Gasteiger partial charge in [0.1, 0.15) is 9.77 Å². The van der Waals surface area contributed by atoms with Gasteiger partial charge in [0, 0.05) is 11.4 Å². The van der Waals surface area contributed by atoms with Crippen molar-refractivity contribution in [2.75, 3.05) is 7.11 Å². The summed E-state index contributed by atoms with van der Waals surface area (Å²) in [6.07, 6.45) is 0. The van der Waals surface area contributed by atoms with Crippen molar-refractivity contribution in [2.45, 2.75) is 18.4 Å². The number of halogens is 1. The summed E-state index contributed by atoms with van der Waals surface area (Å²) >= 11 is 5.83. The number of rotatable bonds is 5. The quantitative estimate of drug-likeness (QED) is 0.769. The summed E-state index contributed by atoms with van der Waals surface area (Å²) in [6, 6.07) is 3.68. The lowest BCUT2D eigenvalue weighted by molar-refractivity contribution is 0.0602. The van der Waals surface area contributed by atoms with E-state index in [2.05, 4.69) is 25.4 Å². The van der Waals surface area contributed by atoms with Crippen molar-refractivity contribution >= 4 is 54.6 Å². The summed E-state index contributed by atoms with van der Waals surface area (Å²) in [5.41, 5.74) is 0.528. The Kier molecular flexibility index (Phi) is 5.20. The molecule has 5 nitrogen and oxygen atoms in total. The SMILES string of the molecule is COC(=O)c1scc(C)c1S(=O)(=O)NCc1ccc(Br)s1. The maximum atomic E-state index is 12.4. The first-order valence-corrected chi connectivity index (χ1v) is 9.72. The molecule has 0 fully saturated rings. The van der Waals surface area contributed by atoms with E-state index in [4.69, 9.17) is 0 Å². The lowest BCUT2D eigenvalue weighted by Gasteiger charge is -2.07. The summed E-state index contributed by atoms with van der Waals surface area (Å²) < 4.78 is 32.9. The van der Waals surface area contributed by atoms with Crippen LogP contribution in [0.2, 0.25) is 0 Å². The van der Waals surface area contributed by atoms with E-state index < -0.39 is 16.0 Å². The van der Waals surface area contributed by atoms with Crippen LogP contribution in [0.3, 0.4) is 0 Å². The molecule has 0 radical (unpaired) electrons. The van der Waals surface area contributed by atoms with Crippen molar-refractivity contribution in [3.05, 3.63) is 36.6 Å².